The molecule has 0 unspecified atom stereocenters. The summed E-state index contributed by atoms with van der Waals surface area (Å²) in [5, 5.41) is 0. The summed E-state index contributed by atoms with van der Waals surface area (Å²) in [6, 6.07) is 12.7. The van der Waals surface area contributed by atoms with Gasteiger partial charge in [-0.05, 0) is 75.9 Å². The van der Waals surface area contributed by atoms with Gasteiger partial charge in [0.25, 0.3) is 0 Å². The fraction of sp³-hybridized carbons (Fsp3) is 0.286. The van der Waals surface area contributed by atoms with E-state index >= 15 is 0 Å². The van der Waals surface area contributed by atoms with E-state index in [-0.39, 0.29) is 23.9 Å². The molecule has 0 aromatic heterocycles. The Morgan fingerprint density at radius 3 is 1.33 bits per heavy atom. The smallest absolute Gasteiger partial charge is 0.0665 e. The summed E-state index contributed by atoms with van der Waals surface area (Å²) in [5.74, 6) is 0. The fourth-order valence-electron chi connectivity index (χ4n) is 2.20. The molecule has 0 aliphatic carbocycles. The summed E-state index contributed by atoms with van der Waals surface area (Å²) < 4.78 is 0. The Bertz CT molecular complexity index is 693. The van der Waals surface area contributed by atoms with Crippen molar-refractivity contribution in [2.24, 2.45) is 9.98 Å². The largest absolute Gasteiger partial charge is 0.358 e. The van der Waals surface area contributed by atoms with Crippen LogP contribution in [0.4, 0.5) is 11.4 Å². The van der Waals surface area contributed by atoms with Gasteiger partial charge < -0.3 is 7.43 Å². The van der Waals surface area contributed by atoms with Gasteiger partial charge in [-0.2, -0.15) is 0 Å². The summed E-state index contributed by atoms with van der Waals surface area (Å²) in [6.45, 7) is 12.4. The van der Waals surface area contributed by atoms with Crippen LogP contribution in [0.3, 0.4) is 0 Å². The van der Waals surface area contributed by atoms with E-state index in [2.05, 4.69) is 64.1 Å². The SMILES string of the molecule is CC(=Nc1cc(C)ccc1C)C(C)=Nc1cc(C)ccc1C.[CH3-].[Ni]. The van der Waals surface area contributed by atoms with Gasteiger partial charge >= 0.3 is 0 Å². The van der Waals surface area contributed by atoms with E-state index in [1.54, 1.807) is 0 Å². The second-order valence-electron chi connectivity index (χ2n) is 5.97. The monoisotopic (exact) mass is 365 g/mol. The molecular weight excluding hydrogens is 339 g/mol. The molecule has 0 N–H and O–H groups in total. The molecule has 0 heterocycles. The zero-order valence-electron chi connectivity index (χ0n) is 15.7. The van der Waals surface area contributed by atoms with Crippen LogP contribution in [0.5, 0.6) is 0 Å². The number of hydrogen-bond donors (Lipinski definition) is 0. The minimum Gasteiger partial charge on any atom is -0.358 e. The summed E-state index contributed by atoms with van der Waals surface area (Å²) >= 11 is 0. The van der Waals surface area contributed by atoms with Gasteiger partial charge in [0, 0.05) is 16.5 Å². The third-order valence-corrected chi connectivity index (χ3v) is 3.83. The molecule has 2 nitrogen and oxygen atoms in total. The first-order valence-electron chi connectivity index (χ1n) is 7.62. The van der Waals surface area contributed by atoms with Gasteiger partial charge in [-0.15, -0.1) is 0 Å². The number of aliphatic imine (C=N–C) groups is 2. The van der Waals surface area contributed by atoms with Crippen molar-refractivity contribution < 1.29 is 16.5 Å². The first-order chi connectivity index (χ1) is 10.4. The zero-order chi connectivity index (χ0) is 16.3. The van der Waals surface area contributed by atoms with Crippen LogP contribution in [0, 0.1) is 35.1 Å². The molecule has 2 rings (SSSR count). The van der Waals surface area contributed by atoms with Crippen molar-refractivity contribution in [1.29, 1.82) is 0 Å². The third kappa shape index (κ3) is 5.72. The Balaban J connectivity index is 0.00000264. The van der Waals surface area contributed by atoms with Gasteiger partial charge in [0.1, 0.15) is 0 Å². The molecule has 0 radical (unpaired) electrons. The van der Waals surface area contributed by atoms with Crippen LogP contribution in [-0.4, -0.2) is 11.4 Å². The molecule has 0 spiro atoms. The van der Waals surface area contributed by atoms with E-state index < -0.39 is 0 Å². The van der Waals surface area contributed by atoms with Gasteiger partial charge in [-0.25, -0.2) is 0 Å². The number of hydrogen-bond acceptors (Lipinski definition) is 2. The van der Waals surface area contributed by atoms with Crippen LogP contribution in [0.15, 0.2) is 46.4 Å². The van der Waals surface area contributed by atoms with E-state index in [0.29, 0.717) is 0 Å². The quantitative estimate of drug-likeness (QED) is 0.348. The van der Waals surface area contributed by atoms with E-state index in [4.69, 9.17) is 9.98 Å². The van der Waals surface area contributed by atoms with E-state index in [1.807, 2.05) is 13.8 Å². The van der Waals surface area contributed by atoms with Crippen LogP contribution in [0.1, 0.15) is 36.1 Å². The minimum atomic E-state index is 0. The average Bonchev–Trinajstić information content (AvgIpc) is 2.46. The topological polar surface area (TPSA) is 24.7 Å². The maximum absolute atomic E-state index is 4.75. The van der Waals surface area contributed by atoms with Crippen LogP contribution in [-0.2, 0) is 16.5 Å². The first-order valence-corrected chi connectivity index (χ1v) is 7.62. The third-order valence-electron chi connectivity index (χ3n) is 3.83. The second-order valence-corrected chi connectivity index (χ2v) is 5.97. The van der Waals surface area contributed by atoms with Crippen LogP contribution >= 0.6 is 0 Å². The van der Waals surface area contributed by atoms with E-state index in [0.717, 1.165) is 22.8 Å². The van der Waals surface area contributed by atoms with Gasteiger partial charge in [0.2, 0.25) is 0 Å². The normalized spacial score (nSPS) is 11.6. The standard InChI is InChI=1S/C20H24N2.CH3.Ni/c1-13-7-9-15(3)19(11-13)21-17(5)18(6)22-20-12-14(2)8-10-16(20)4;;/h7-12H,1-6H3;1H3;/q;-1;. The fourth-order valence-corrected chi connectivity index (χ4v) is 2.20. The van der Waals surface area contributed by atoms with Gasteiger partial charge in [-0.3, -0.25) is 9.98 Å². The van der Waals surface area contributed by atoms with Crippen LogP contribution in [0.2, 0.25) is 0 Å². The molecule has 2 aromatic carbocycles. The second kappa shape index (κ2) is 9.54. The van der Waals surface area contributed by atoms with Crippen molar-refractivity contribution in [2.75, 3.05) is 0 Å². The molecular formula is C21H27N2Ni-. The summed E-state index contributed by atoms with van der Waals surface area (Å²) in [6.07, 6.45) is 0. The maximum atomic E-state index is 4.75. The molecule has 132 valence electrons. The molecule has 0 saturated carbocycles. The van der Waals surface area contributed by atoms with Crippen molar-refractivity contribution in [3.63, 3.8) is 0 Å². The van der Waals surface area contributed by atoms with E-state index in [9.17, 15) is 0 Å². The summed E-state index contributed by atoms with van der Waals surface area (Å²) in [7, 11) is 0. The summed E-state index contributed by atoms with van der Waals surface area (Å²) in [4.78, 5) is 9.51. The molecule has 0 saturated heterocycles. The van der Waals surface area contributed by atoms with E-state index in [1.165, 1.54) is 22.3 Å². The Hall–Kier alpha value is -1.73. The summed E-state index contributed by atoms with van der Waals surface area (Å²) in [5.41, 5.74) is 8.77. The average molecular weight is 366 g/mol. The molecule has 0 fully saturated rings. The number of rotatable bonds is 3. The van der Waals surface area contributed by atoms with Crippen LogP contribution in [0.25, 0.3) is 0 Å². The Kier molecular flexibility index (Phi) is 8.85. The molecule has 0 aliphatic rings. The molecule has 24 heavy (non-hydrogen) atoms. The van der Waals surface area contributed by atoms with Crippen molar-refractivity contribution in [2.45, 2.75) is 41.5 Å². The Labute approximate surface area is 157 Å². The molecule has 0 atom stereocenters. The zero-order valence-corrected chi connectivity index (χ0v) is 16.7. The molecule has 0 amide bonds. The van der Waals surface area contributed by atoms with Crippen molar-refractivity contribution in [3.05, 3.63) is 66.1 Å². The minimum absolute atomic E-state index is 0. The molecule has 2 aromatic rings. The van der Waals surface area contributed by atoms with Gasteiger partial charge in [0.15, 0.2) is 0 Å². The molecule has 3 heteroatoms. The number of benzene rings is 2. The molecule has 0 aliphatic heterocycles. The van der Waals surface area contributed by atoms with Gasteiger partial charge in [-0.1, -0.05) is 24.3 Å². The predicted molar refractivity (Wildman–Crippen MR) is 104 cm³/mol. The van der Waals surface area contributed by atoms with Crippen LogP contribution < -0.4 is 0 Å². The van der Waals surface area contributed by atoms with Gasteiger partial charge in [0.05, 0.1) is 22.8 Å². The Morgan fingerprint density at radius 2 is 1.00 bits per heavy atom. The van der Waals surface area contributed by atoms with Crippen molar-refractivity contribution in [1.82, 2.24) is 0 Å². The number of aryl methyl sites for hydroxylation is 4. The van der Waals surface area contributed by atoms with Crippen molar-refractivity contribution in [3.8, 4) is 0 Å². The first kappa shape index (κ1) is 22.3. The van der Waals surface area contributed by atoms with Crippen molar-refractivity contribution >= 4 is 22.8 Å². The Morgan fingerprint density at radius 1 is 0.667 bits per heavy atom. The molecule has 0 bridgehead atoms. The maximum Gasteiger partial charge on any atom is 0.0665 e. The number of nitrogens with zero attached hydrogens (tertiary/aromatic N) is 2. The predicted octanol–water partition coefficient (Wildman–Crippen LogP) is 6.25.